The molecule has 7 heteroatoms. The molecule has 0 amide bonds. The molecule has 0 atom stereocenters. The van der Waals surface area contributed by atoms with Crippen LogP contribution in [0.4, 0.5) is 13.2 Å². The monoisotopic (exact) mass is 323 g/mol. The second-order valence-corrected chi connectivity index (χ2v) is 4.83. The van der Waals surface area contributed by atoms with E-state index in [4.69, 9.17) is 9.15 Å². The number of oxazole rings is 1. The van der Waals surface area contributed by atoms with Crippen molar-refractivity contribution < 1.29 is 22.3 Å². The molecule has 0 bridgehead atoms. The Morgan fingerprint density at radius 3 is 2.52 bits per heavy atom. The van der Waals surface area contributed by atoms with E-state index in [9.17, 15) is 18.0 Å². The zero-order chi connectivity index (χ0) is 16.4. The van der Waals surface area contributed by atoms with Crippen LogP contribution in [0.2, 0.25) is 0 Å². The first-order valence-corrected chi connectivity index (χ1v) is 6.84. The minimum absolute atomic E-state index is 0.0854. The topological polar surface area (TPSA) is 44.4 Å². The van der Waals surface area contributed by atoms with Crippen LogP contribution in [0.3, 0.4) is 0 Å². The lowest BCUT2D eigenvalue weighted by Crippen LogP contribution is -2.19. The van der Waals surface area contributed by atoms with Gasteiger partial charge in [0.1, 0.15) is 12.4 Å². The van der Waals surface area contributed by atoms with Crippen LogP contribution in [0, 0.1) is 0 Å². The third kappa shape index (κ3) is 3.08. The summed E-state index contributed by atoms with van der Waals surface area (Å²) in [5, 5.41) is 0. The molecule has 0 unspecified atom stereocenters. The van der Waals surface area contributed by atoms with Crippen molar-refractivity contribution in [3.63, 3.8) is 0 Å². The van der Waals surface area contributed by atoms with E-state index >= 15 is 0 Å². The number of benzene rings is 2. The molecule has 23 heavy (non-hydrogen) atoms. The Labute approximate surface area is 128 Å². The van der Waals surface area contributed by atoms with Gasteiger partial charge in [0, 0.05) is 0 Å². The number of hydrogen-bond donors (Lipinski definition) is 0. The molecule has 0 fully saturated rings. The molecule has 3 rings (SSSR count). The van der Waals surface area contributed by atoms with Gasteiger partial charge in [-0.25, -0.2) is 4.79 Å². The summed E-state index contributed by atoms with van der Waals surface area (Å²) in [6.45, 7) is -0.00142. The van der Waals surface area contributed by atoms with Gasteiger partial charge in [0.25, 0.3) is 0 Å². The van der Waals surface area contributed by atoms with Crippen molar-refractivity contribution in [2.24, 2.45) is 0 Å². The molecule has 0 aliphatic rings. The van der Waals surface area contributed by atoms with Crippen LogP contribution in [-0.4, -0.2) is 11.2 Å². The predicted molar refractivity (Wildman–Crippen MR) is 77.4 cm³/mol. The van der Waals surface area contributed by atoms with Crippen LogP contribution >= 0.6 is 0 Å². The SMILES string of the molecule is O=c1oc2ccccc2n1CCOc1ccccc1C(F)(F)F. The van der Waals surface area contributed by atoms with Crippen molar-refractivity contribution >= 4 is 11.1 Å². The van der Waals surface area contributed by atoms with Crippen LogP contribution in [0.1, 0.15) is 5.56 Å². The van der Waals surface area contributed by atoms with Crippen molar-refractivity contribution in [1.29, 1.82) is 0 Å². The molecular formula is C16H12F3NO3. The van der Waals surface area contributed by atoms with Crippen LogP contribution < -0.4 is 10.5 Å². The minimum Gasteiger partial charge on any atom is -0.491 e. The summed E-state index contributed by atoms with van der Waals surface area (Å²) >= 11 is 0. The molecule has 0 spiro atoms. The first-order chi connectivity index (χ1) is 11.0. The maximum Gasteiger partial charge on any atom is 0.420 e. The molecule has 0 N–H and O–H groups in total. The molecule has 1 aromatic heterocycles. The molecule has 0 aliphatic heterocycles. The van der Waals surface area contributed by atoms with Crippen molar-refractivity contribution in [3.05, 3.63) is 64.6 Å². The third-order valence-corrected chi connectivity index (χ3v) is 3.34. The largest absolute Gasteiger partial charge is 0.491 e. The van der Waals surface area contributed by atoms with Gasteiger partial charge in [-0.15, -0.1) is 0 Å². The Morgan fingerprint density at radius 1 is 1.04 bits per heavy atom. The van der Waals surface area contributed by atoms with Crippen LogP contribution in [0.15, 0.2) is 57.7 Å². The van der Waals surface area contributed by atoms with E-state index < -0.39 is 17.5 Å². The number of para-hydroxylation sites is 3. The number of halogens is 3. The van der Waals surface area contributed by atoms with Gasteiger partial charge < -0.3 is 9.15 Å². The van der Waals surface area contributed by atoms with Gasteiger partial charge >= 0.3 is 11.9 Å². The van der Waals surface area contributed by atoms with E-state index in [1.165, 1.54) is 22.8 Å². The Bertz CT molecular complexity index is 880. The fraction of sp³-hybridized carbons (Fsp3) is 0.188. The molecule has 0 aliphatic carbocycles. The standard InChI is InChI=1S/C16H12F3NO3/c17-16(18,19)11-5-1-3-7-13(11)22-10-9-20-12-6-2-4-8-14(12)23-15(20)21/h1-8H,9-10H2. The lowest BCUT2D eigenvalue weighted by molar-refractivity contribution is -0.139. The fourth-order valence-electron chi connectivity index (χ4n) is 2.30. The Hall–Kier alpha value is -2.70. The Kier molecular flexibility index (Phi) is 3.85. The lowest BCUT2D eigenvalue weighted by atomic mass is 10.2. The highest BCUT2D eigenvalue weighted by Gasteiger charge is 2.33. The fourth-order valence-corrected chi connectivity index (χ4v) is 2.30. The van der Waals surface area contributed by atoms with E-state index in [2.05, 4.69) is 0 Å². The van der Waals surface area contributed by atoms with E-state index in [1.54, 1.807) is 24.3 Å². The molecule has 1 heterocycles. The number of alkyl halides is 3. The molecule has 2 aromatic carbocycles. The summed E-state index contributed by atoms with van der Waals surface area (Å²) in [7, 11) is 0. The van der Waals surface area contributed by atoms with Crippen molar-refractivity contribution in [1.82, 2.24) is 4.57 Å². The number of aromatic nitrogens is 1. The summed E-state index contributed by atoms with van der Waals surface area (Å²) in [6.07, 6.45) is -4.49. The second-order valence-electron chi connectivity index (χ2n) is 4.83. The van der Waals surface area contributed by atoms with Crippen LogP contribution in [-0.2, 0) is 12.7 Å². The summed E-state index contributed by atoms with van der Waals surface area (Å²) in [6, 6.07) is 11.8. The maximum atomic E-state index is 12.9. The summed E-state index contributed by atoms with van der Waals surface area (Å²) < 4.78 is 50.2. The number of nitrogens with zero attached hydrogens (tertiary/aromatic N) is 1. The second kappa shape index (κ2) is 5.83. The molecule has 0 radical (unpaired) electrons. The molecule has 4 nitrogen and oxygen atoms in total. The van der Waals surface area contributed by atoms with Gasteiger partial charge in [-0.2, -0.15) is 13.2 Å². The van der Waals surface area contributed by atoms with Gasteiger partial charge in [0.2, 0.25) is 0 Å². The highest BCUT2D eigenvalue weighted by molar-refractivity contribution is 5.72. The van der Waals surface area contributed by atoms with Crippen molar-refractivity contribution in [2.45, 2.75) is 12.7 Å². The van der Waals surface area contributed by atoms with E-state index in [-0.39, 0.29) is 18.9 Å². The summed E-state index contributed by atoms with van der Waals surface area (Å²) in [5.74, 6) is -0.834. The van der Waals surface area contributed by atoms with E-state index in [0.29, 0.717) is 11.1 Å². The first kappa shape index (κ1) is 15.2. The lowest BCUT2D eigenvalue weighted by Gasteiger charge is -2.13. The van der Waals surface area contributed by atoms with Crippen LogP contribution in [0.5, 0.6) is 5.75 Å². The van der Waals surface area contributed by atoms with Crippen molar-refractivity contribution in [2.75, 3.05) is 6.61 Å². The smallest absolute Gasteiger partial charge is 0.420 e. The summed E-state index contributed by atoms with van der Waals surface area (Å²) in [5.41, 5.74) is 0.155. The van der Waals surface area contributed by atoms with Crippen molar-refractivity contribution in [3.8, 4) is 5.75 Å². The number of ether oxygens (including phenoxy) is 1. The van der Waals surface area contributed by atoms with Gasteiger partial charge in [-0.1, -0.05) is 24.3 Å². The number of hydrogen-bond acceptors (Lipinski definition) is 3. The Morgan fingerprint density at radius 2 is 1.74 bits per heavy atom. The van der Waals surface area contributed by atoms with Gasteiger partial charge in [0.15, 0.2) is 5.58 Å². The average molecular weight is 323 g/mol. The highest BCUT2D eigenvalue weighted by Crippen LogP contribution is 2.35. The zero-order valence-electron chi connectivity index (χ0n) is 11.8. The maximum absolute atomic E-state index is 12.9. The van der Waals surface area contributed by atoms with Gasteiger partial charge in [-0.3, -0.25) is 4.57 Å². The Balaban J connectivity index is 1.78. The highest BCUT2D eigenvalue weighted by atomic mass is 19.4. The number of rotatable bonds is 4. The summed E-state index contributed by atoms with van der Waals surface area (Å²) in [4.78, 5) is 11.8. The minimum atomic E-state index is -4.49. The number of fused-ring (bicyclic) bond motifs is 1. The van der Waals surface area contributed by atoms with Gasteiger partial charge in [0.05, 0.1) is 17.6 Å². The third-order valence-electron chi connectivity index (χ3n) is 3.34. The first-order valence-electron chi connectivity index (χ1n) is 6.84. The molecule has 120 valence electrons. The molecule has 0 saturated heterocycles. The van der Waals surface area contributed by atoms with Crippen LogP contribution in [0.25, 0.3) is 11.1 Å². The van der Waals surface area contributed by atoms with Gasteiger partial charge in [-0.05, 0) is 24.3 Å². The molecule has 3 aromatic rings. The average Bonchev–Trinajstić information content (AvgIpc) is 2.83. The normalized spacial score (nSPS) is 11.8. The van der Waals surface area contributed by atoms with E-state index in [0.717, 1.165) is 6.07 Å². The quantitative estimate of drug-likeness (QED) is 0.735. The molecular weight excluding hydrogens is 311 g/mol. The van der Waals surface area contributed by atoms with E-state index in [1.807, 2.05) is 0 Å². The molecule has 0 saturated carbocycles. The zero-order valence-corrected chi connectivity index (χ0v) is 11.8. The predicted octanol–water partition coefficient (Wildman–Crippen LogP) is 3.69.